The van der Waals surface area contributed by atoms with Gasteiger partial charge in [-0.3, -0.25) is 4.79 Å². The van der Waals surface area contributed by atoms with Crippen LogP contribution in [0.5, 0.6) is 17.2 Å². The monoisotopic (exact) mass is 324 g/mol. The lowest BCUT2D eigenvalue weighted by atomic mass is 10.2. The minimum absolute atomic E-state index is 0.109. The third-order valence-electron chi connectivity index (χ3n) is 3.05. The van der Waals surface area contributed by atoms with Gasteiger partial charge in [0.2, 0.25) is 0 Å². The van der Waals surface area contributed by atoms with Crippen LogP contribution in [0, 0.1) is 12.3 Å². The molecule has 0 aliphatic heterocycles. The summed E-state index contributed by atoms with van der Waals surface area (Å²) in [6, 6.07) is 11.3. The van der Waals surface area contributed by atoms with Gasteiger partial charge in [-0.25, -0.2) is 5.43 Å². The fourth-order valence-corrected chi connectivity index (χ4v) is 1.89. The number of hydrogen-bond acceptors (Lipinski definition) is 5. The smallest absolute Gasteiger partial charge is 0.275 e. The molecule has 0 unspecified atom stereocenters. The van der Waals surface area contributed by atoms with Crippen molar-refractivity contribution in [1.82, 2.24) is 5.43 Å². The number of methoxy groups -OCH3 is 1. The van der Waals surface area contributed by atoms with Crippen LogP contribution in [0.4, 0.5) is 0 Å². The Morgan fingerprint density at radius 3 is 2.88 bits per heavy atom. The Labute approximate surface area is 139 Å². The quantitative estimate of drug-likeness (QED) is 0.485. The molecule has 2 rings (SSSR count). The third kappa shape index (κ3) is 4.27. The van der Waals surface area contributed by atoms with Crippen LogP contribution in [-0.4, -0.2) is 30.9 Å². The Hall–Kier alpha value is -3.46. The van der Waals surface area contributed by atoms with Crippen molar-refractivity contribution >= 4 is 12.1 Å². The molecule has 0 heterocycles. The number of nitrogens with one attached hydrogen (secondary N) is 1. The highest BCUT2D eigenvalue weighted by Crippen LogP contribution is 2.22. The van der Waals surface area contributed by atoms with Gasteiger partial charge in [-0.05, 0) is 30.3 Å². The Balaban J connectivity index is 2.14. The molecule has 1 amide bonds. The van der Waals surface area contributed by atoms with Crippen molar-refractivity contribution in [2.24, 2.45) is 5.10 Å². The predicted molar refractivity (Wildman–Crippen MR) is 90.5 cm³/mol. The van der Waals surface area contributed by atoms with Crippen LogP contribution in [0.25, 0.3) is 0 Å². The summed E-state index contributed by atoms with van der Waals surface area (Å²) in [7, 11) is 1.54. The maximum atomic E-state index is 12.0. The van der Waals surface area contributed by atoms with Crippen molar-refractivity contribution < 1.29 is 19.4 Å². The van der Waals surface area contributed by atoms with E-state index in [0.29, 0.717) is 17.1 Å². The van der Waals surface area contributed by atoms with Crippen molar-refractivity contribution in [3.8, 4) is 29.6 Å². The lowest BCUT2D eigenvalue weighted by molar-refractivity contribution is 0.0952. The minimum atomic E-state index is -0.529. The summed E-state index contributed by atoms with van der Waals surface area (Å²) < 4.78 is 10.6. The molecule has 2 aromatic carbocycles. The largest absolute Gasteiger partial charge is 0.507 e. The van der Waals surface area contributed by atoms with Crippen LogP contribution in [0.2, 0.25) is 0 Å². The van der Waals surface area contributed by atoms with Gasteiger partial charge in [0.25, 0.3) is 5.91 Å². The highest BCUT2D eigenvalue weighted by molar-refractivity contribution is 5.97. The number of nitrogens with zero attached hydrogens (tertiary/aromatic N) is 1. The van der Waals surface area contributed by atoms with E-state index in [9.17, 15) is 9.90 Å². The molecule has 0 aliphatic carbocycles. The predicted octanol–water partition coefficient (Wildman–Crippen LogP) is 2.18. The van der Waals surface area contributed by atoms with Crippen LogP contribution in [0.1, 0.15) is 15.9 Å². The number of phenolic OH excluding ortho intramolecular Hbond substituents is 1. The Bertz CT molecular complexity index is 794. The van der Waals surface area contributed by atoms with E-state index in [0.717, 1.165) is 0 Å². The first kappa shape index (κ1) is 16.9. The van der Waals surface area contributed by atoms with E-state index >= 15 is 0 Å². The van der Waals surface area contributed by atoms with E-state index in [1.54, 1.807) is 30.3 Å². The molecule has 0 fully saturated rings. The Morgan fingerprint density at radius 2 is 2.17 bits per heavy atom. The van der Waals surface area contributed by atoms with Gasteiger partial charge in [0.1, 0.15) is 23.9 Å². The van der Waals surface area contributed by atoms with Crippen molar-refractivity contribution in [2.45, 2.75) is 0 Å². The average Bonchev–Trinajstić information content (AvgIpc) is 2.60. The number of carbonyl (C=O) groups is 1. The minimum Gasteiger partial charge on any atom is -0.507 e. The van der Waals surface area contributed by atoms with Gasteiger partial charge >= 0.3 is 0 Å². The molecule has 0 bridgehead atoms. The summed E-state index contributed by atoms with van der Waals surface area (Å²) >= 11 is 0. The molecule has 0 saturated carbocycles. The van der Waals surface area contributed by atoms with Crippen LogP contribution in [0.3, 0.4) is 0 Å². The number of carbonyl (C=O) groups excluding carboxylic acids is 1. The fourth-order valence-electron chi connectivity index (χ4n) is 1.89. The zero-order valence-corrected chi connectivity index (χ0v) is 13.0. The zero-order valence-electron chi connectivity index (χ0n) is 13.0. The van der Waals surface area contributed by atoms with Gasteiger partial charge in [-0.2, -0.15) is 5.10 Å². The summed E-state index contributed by atoms with van der Waals surface area (Å²) in [6.07, 6.45) is 6.60. The van der Waals surface area contributed by atoms with Crippen LogP contribution >= 0.6 is 0 Å². The fraction of sp³-hybridized carbons (Fsp3) is 0.111. The van der Waals surface area contributed by atoms with E-state index < -0.39 is 5.91 Å². The SMILES string of the molecule is C#CCOc1ccc(OC)cc1/C=N\NC(=O)c1ccccc1O. The summed E-state index contributed by atoms with van der Waals surface area (Å²) in [6.45, 7) is 0.109. The lowest BCUT2D eigenvalue weighted by Gasteiger charge is -2.08. The number of para-hydroxylation sites is 1. The molecule has 6 heteroatoms. The van der Waals surface area contributed by atoms with E-state index in [1.165, 1.54) is 25.5 Å². The number of phenols is 1. The van der Waals surface area contributed by atoms with Gasteiger partial charge in [0, 0.05) is 5.56 Å². The van der Waals surface area contributed by atoms with E-state index in [1.807, 2.05) is 0 Å². The number of rotatable bonds is 6. The average molecular weight is 324 g/mol. The van der Waals surface area contributed by atoms with Crippen LogP contribution < -0.4 is 14.9 Å². The number of amides is 1. The highest BCUT2D eigenvalue weighted by Gasteiger charge is 2.09. The second-order valence-electron chi connectivity index (χ2n) is 4.61. The van der Waals surface area contributed by atoms with Gasteiger partial charge in [0.15, 0.2) is 0 Å². The molecule has 0 saturated heterocycles. The van der Waals surface area contributed by atoms with E-state index in [4.69, 9.17) is 15.9 Å². The third-order valence-corrected chi connectivity index (χ3v) is 3.05. The molecule has 0 spiro atoms. The first-order chi connectivity index (χ1) is 11.7. The number of terminal acetylenes is 1. The maximum Gasteiger partial charge on any atom is 0.275 e. The number of hydrogen-bond donors (Lipinski definition) is 2. The molecule has 2 N–H and O–H groups in total. The van der Waals surface area contributed by atoms with E-state index in [2.05, 4.69) is 16.4 Å². The van der Waals surface area contributed by atoms with Crippen molar-refractivity contribution in [3.05, 3.63) is 53.6 Å². The second kappa shape index (κ2) is 8.25. The van der Waals surface area contributed by atoms with Gasteiger partial charge < -0.3 is 14.6 Å². The summed E-state index contributed by atoms with van der Waals surface area (Å²) in [5.74, 6) is 2.85. The van der Waals surface area contributed by atoms with Crippen LogP contribution in [-0.2, 0) is 0 Å². The number of hydrazone groups is 1. The van der Waals surface area contributed by atoms with Gasteiger partial charge in [-0.15, -0.1) is 6.42 Å². The molecule has 0 aromatic heterocycles. The number of aromatic hydroxyl groups is 1. The molecule has 24 heavy (non-hydrogen) atoms. The molecule has 0 atom stereocenters. The van der Waals surface area contributed by atoms with Crippen molar-refractivity contribution in [1.29, 1.82) is 0 Å². The molecule has 0 aliphatic rings. The molecule has 2 aromatic rings. The normalized spacial score (nSPS) is 10.2. The molecular formula is C18H16N2O4. The first-order valence-electron chi connectivity index (χ1n) is 7.01. The lowest BCUT2D eigenvalue weighted by Crippen LogP contribution is -2.17. The molecular weight excluding hydrogens is 308 g/mol. The topological polar surface area (TPSA) is 80.2 Å². The summed E-state index contributed by atoms with van der Waals surface area (Å²) in [4.78, 5) is 12.0. The summed E-state index contributed by atoms with van der Waals surface area (Å²) in [5.41, 5.74) is 3.06. The zero-order chi connectivity index (χ0) is 17.4. The number of ether oxygens (including phenoxy) is 2. The number of benzene rings is 2. The van der Waals surface area contributed by atoms with Crippen molar-refractivity contribution in [2.75, 3.05) is 13.7 Å². The molecule has 6 nitrogen and oxygen atoms in total. The van der Waals surface area contributed by atoms with Gasteiger partial charge in [0.05, 0.1) is 18.9 Å². The molecule has 122 valence electrons. The second-order valence-corrected chi connectivity index (χ2v) is 4.61. The molecule has 0 radical (unpaired) electrons. The Kier molecular flexibility index (Phi) is 5.81. The maximum absolute atomic E-state index is 12.0. The summed E-state index contributed by atoms with van der Waals surface area (Å²) in [5, 5.41) is 13.5. The highest BCUT2D eigenvalue weighted by atomic mass is 16.5. The van der Waals surface area contributed by atoms with Crippen LogP contribution in [0.15, 0.2) is 47.6 Å². The Morgan fingerprint density at radius 1 is 1.38 bits per heavy atom. The standard InChI is InChI=1S/C18H16N2O4/c1-3-10-24-17-9-8-14(23-2)11-13(17)12-19-20-18(22)15-6-4-5-7-16(15)21/h1,4-9,11-12,21H,10H2,2H3,(H,20,22)/b19-12-. The van der Waals surface area contributed by atoms with E-state index in [-0.39, 0.29) is 17.9 Å². The first-order valence-corrected chi connectivity index (χ1v) is 7.01. The van der Waals surface area contributed by atoms with Gasteiger partial charge in [-0.1, -0.05) is 18.1 Å². The van der Waals surface area contributed by atoms with Crippen molar-refractivity contribution in [3.63, 3.8) is 0 Å².